The highest BCUT2D eigenvalue weighted by Gasteiger charge is 2.25. The van der Waals surface area contributed by atoms with Gasteiger partial charge >= 0.3 is 0 Å². The molecule has 0 atom stereocenters. The van der Waals surface area contributed by atoms with Crippen LogP contribution in [0.3, 0.4) is 0 Å². The fourth-order valence-corrected chi connectivity index (χ4v) is 4.60. The zero-order valence-corrected chi connectivity index (χ0v) is 19.5. The van der Waals surface area contributed by atoms with E-state index in [2.05, 4.69) is 29.9 Å². The summed E-state index contributed by atoms with van der Waals surface area (Å²) >= 11 is 5.87. The third-order valence-electron chi connectivity index (χ3n) is 5.59. The average molecular weight is 504 g/mol. The highest BCUT2D eigenvalue weighted by atomic mass is 35.5. The van der Waals surface area contributed by atoms with Crippen molar-refractivity contribution in [3.8, 4) is 11.6 Å². The average Bonchev–Trinajstić information content (AvgIpc) is 3.25. The van der Waals surface area contributed by atoms with Crippen molar-refractivity contribution >= 4 is 38.4 Å². The number of halogens is 2. The number of hydrogen-bond donors (Lipinski definition) is 0. The molecule has 34 heavy (non-hydrogen) atoms. The van der Waals surface area contributed by atoms with Crippen LogP contribution >= 0.6 is 11.6 Å². The number of rotatable bonds is 5. The minimum Gasteiger partial charge on any atom is -0.435 e. The molecule has 10 nitrogen and oxygen atoms in total. The van der Waals surface area contributed by atoms with Crippen LogP contribution in [0.2, 0.25) is 5.02 Å². The second-order valence-corrected chi connectivity index (χ2v) is 10.3. The van der Waals surface area contributed by atoms with Gasteiger partial charge in [0.2, 0.25) is 11.8 Å². The monoisotopic (exact) mass is 503 g/mol. The lowest BCUT2D eigenvalue weighted by atomic mass is 10.1. The van der Waals surface area contributed by atoms with Gasteiger partial charge in [-0.25, -0.2) is 37.4 Å². The Morgan fingerprint density at radius 1 is 1.09 bits per heavy atom. The Kier molecular flexibility index (Phi) is 5.78. The maximum atomic E-state index is 14.5. The molecule has 0 unspecified atom stereocenters. The Labute approximate surface area is 199 Å². The molecule has 1 aromatic carbocycles. The van der Waals surface area contributed by atoms with Gasteiger partial charge in [0, 0.05) is 19.3 Å². The largest absolute Gasteiger partial charge is 0.435 e. The highest BCUT2D eigenvalue weighted by Crippen LogP contribution is 2.32. The molecule has 1 fully saturated rings. The summed E-state index contributed by atoms with van der Waals surface area (Å²) in [5, 5.41) is 5.51. The molecule has 0 amide bonds. The SMILES string of the molecule is CS(=O)(=O)c1ccc(Oc2ncnc3c2cnn3C2CCN(c3ncc(Cl)cn3)CC2)c(F)c1. The van der Waals surface area contributed by atoms with Gasteiger partial charge in [-0.3, -0.25) is 0 Å². The van der Waals surface area contributed by atoms with Crippen molar-refractivity contribution in [2.75, 3.05) is 24.2 Å². The Morgan fingerprint density at radius 3 is 2.50 bits per heavy atom. The zero-order chi connectivity index (χ0) is 23.9. The summed E-state index contributed by atoms with van der Waals surface area (Å²) in [5.41, 5.74) is 0.569. The number of benzene rings is 1. The fourth-order valence-electron chi connectivity index (χ4n) is 3.87. The van der Waals surface area contributed by atoms with Crippen molar-refractivity contribution in [2.45, 2.75) is 23.8 Å². The summed E-state index contributed by atoms with van der Waals surface area (Å²) in [6, 6.07) is 3.56. The topological polar surface area (TPSA) is 116 Å². The van der Waals surface area contributed by atoms with Crippen LogP contribution in [0.4, 0.5) is 10.3 Å². The molecule has 1 saturated heterocycles. The number of piperidine rings is 1. The zero-order valence-electron chi connectivity index (χ0n) is 18.0. The van der Waals surface area contributed by atoms with E-state index in [9.17, 15) is 12.8 Å². The van der Waals surface area contributed by atoms with Crippen LogP contribution in [-0.2, 0) is 9.84 Å². The summed E-state index contributed by atoms with van der Waals surface area (Å²) in [6.45, 7) is 1.47. The number of nitrogens with zero attached hydrogens (tertiary/aromatic N) is 7. The van der Waals surface area contributed by atoms with Gasteiger partial charge in [0.25, 0.3) is 0 Å². The molecule has 176 valence electrons. The first kappa shape index (κ1) is 22.4. The van der Waals surface area contributed by atoms with Crippen molar-refractivity contribution in [1.82, 2.24) is 29.7 Å². The smallest absolute Gasteiger partial charge is 0.233 e. The lowest BCUT2D eigenvalue weighted by molar-refractivity contribution is 0.372. The number of hydrogen-bond acceptors (Lipinski definition) is 9. The fraction of sp³-hybridized carbons (Fsp3) is 0.286. The Balaban J connectivity index is 1.36. The van der Waals surface area contributed by atoms with Crippen LogP contribution < -0.4 is 9.64 Å². The maximum Gasteiger partial charge on any atom is 0.233 e. The summed E-state index contributed by atoms with van der Waals surface area (Å²) < 4.78 is 45.3. The number of fused-ring (bicyclic) bond motifs is 1. The van der Waals surface area contributed by atoms with E-state index in [1.54, 1.807) is 18.6 Å². The molecule has 0 radical (unpaired) electrons. The van der Waals surface area contributed by atoms with Crippen LogP contribution in [0.25, 0.3) is 11.0 Å². The van der Waals surface area contributed by atoms with Crippen molar-refractivity contribution in [3.05, 3.63) is 54.0 Å². The van der Waals surface area contributed by atoms with Crippen LogP contribution in [0.15, 0.2) is 48.0 Å². The van der Waals surface area contributed by atoms with Gasteiger partial charge in [0.05, 0.1) is 34.6 Å². The van der Waals surface area contributed by atoms with E-state index >= 15 is 0 Å². The van der Waals surface area contributed by atoms with Crippen LogP contribution in [0.1, 0.15) is 18.9 Å². The van der Waals surface area contributed by atoms with Crippen molar-refractivity contribution in [1.29, 1.82) is 0 Å². The minimum absolute atomic E-state index is 0.0922. The van der Waals surface area contributed by atoms with Gasteiger partial charge < -0.3 is 9.64 Å². The van der Waals surface area contributed by atoms with Crippen LogP contribution in [0.5, 0.6) is 11.6 Å². The van der Waals surface area contributed by atoms with Gasteiger partial charge in [-0.2, -0.15) is 5.10 Å². The molecule has 0 aliphatic carbocycles. The molecule has 5 rings (SSSR count). The van der Waals surface area contributed by atoms with Crippen LogP contribution in [0, 0.1) is 5.82 Å². The molecule has 4 aromatic rings. The van der Waals surface area contributed by atoms with Gasteiger partial charge in [-0.05, 0) is 31.0 Å². The van der Waals surface area contributed by atoms with Gasteiger partial charge in [0.1, 0.15) is 11.7 Å². The van der Waals surface area contributed by atoms with E-state index in [-0.39, 0.29) is 22.6 Å². The number of anilines is 1. The molecule has 13 heteroatoms. The summed E-state index contributed by atoms with van der Waals surface area (Å²) in [4.78, 5) is 19.0. The number of sulfone groups is 1. The van der Waals surface area contributed by atoms with Crippen molar-refractivity contribution < 1.29 is 17.5 Å². The molecule has 4 heterocycles. The van der Waals surface area contributed by atoms with Gasteiger partial charge in [-0.1, -0.05) is 11.6 Å². The predicted octanol–water partition coefficient (Wildman–Crippen LogP) is 3.45. The molecule has 0 N–H and O–H groups in total. The number of aromatic nitrogens is 6. The summed E-state index contributed by atoms with van der Waals surface area (Å²) in [5.74, 6) is -0.181. The first-order valence-electron chi connectivity index (χ1n) is 10.4. The predicted molar refractivity (Wildman–Crippen MR) is 122 cm³/mol. The Bertz CT molecular complexity index is 1460. The second-order valence-electron chi connectivity index (χ2n) is 7.89. The molecule has 0 bridgehead atoms. The van der Waals surface area contributed by atoms with E-state index < -0.39 is 15.7 Å². The molecule has 1 aliphatic rings. The van der Waals surface area contributed by atoms with E-state index in [1.807, 2.05) is 4.68 Å². The second kappa shape index (κ2) is 8.76. The minimum atomic E-state index is -3.53. The highest BCUT2D eigenvalue weighted by molar-refractivity contribution is 7.90. The van der Waals surface area contributed by atoms with Gasteiger partial charge in [0.15, 0.2) is 27.1 Å². The van der Waals surface area contributed by atoms with E-state index in [4.69, 9.17) is 16.3 Å². The number of ether oxygens (including phenoxy) is 1. The third kappa shape index (κ3) is 4.38. The van der Waals surface area contributed by atoms with E-state index in [0.717, 1.165) is 38.3 Å². The lowest BCUT2D eigenvalue weighted by Crippen LogP contribution is -2.36. The Morgan fingerprint density at radius 2 is 1.82 bits per heavy atom. The normalized spacial score (nSPS) is 15.1. The molecular formula is C21H19ClFN7O3S. The van der Waals surface area contributed by atoms with Gasteiger partial charge in [-0.15, -0.1) is 0 Å². The molecule has 0 saturated carbocycles. The molecule has 1 aliphatic heterocycles. The summed E-state index contributed by atoms with van der Waals surface area (Å²) in [6.07, 6.45) is 8.67. The molecule has 0 spiro atoms. The van der Waals surface area contributed by atoms with Crippen molar-refractivity contribution in [2.24, 2.45) is 0 Å². The van der Waals surface area contributed by atoms with Crippen molar-refractivity contribution in [3.63, 3.8) is 0 Å². The third-order valence-corrected chi connectivity index (χ3v) is 6.90. The van der Waals surface area contributed by atoms with E-state index in [0.29, 0.717) is 22.0 Å². The quantitative estimate of drug-likeness (QED) is 0.403. The first-order valence-corrected chi connectivity index (χ1v) is 12.6. The Hall–Kier alpha value is -3.38. The van der Waals surface area contributed by atoms with E-state index in [1.165, 1.54) is 18.5 Å². The first-order chi connectivity index (χ1) is 16.3. The molecule has 3 aromatic heterocycles. The lowest BCUT2D eigenvalue weighted by Gasteiger charge is -2.32. The maximum absolute atomic E-state index is 14.5. The molecular weight excluding hydrogens is 485 g/mol. The summed E-state index contributed by atoms with van der Waals surface area (Å²) in [7, 11) is -3.53. The standard InChI is InChI=1S/C21H19ClFN7O3S/c1-34(31,32)15-2-3-18(17(23)8-15)33-20-16-11-28-30(19(16)26-12-27-20)14-4-6-29(7-5-14)21-24-9-13(22)10-25-21/h2-3,8-12,14H,4-7H2,1H3. The van der Waals surface area contributed by atoms with Crippen LogP contribution in [-0.4, -0.2) is 57.5 Å².